The van der Waals surface area contributed by atoms with E-state index >= 15 is 0 Å². The molecule has 31 heavy (non-hydrogen) atoms. The van der Waals surface area contributed by atoms with Gasteiger partial charge in [-0.25, -0.2) is 8.42 Å². The molecule has 1 amide bonds. The molecule has 1 saturated heterocycles. The average molecular weight is 439 g/mol. The minimum Gasteiger partial charge on any atom is -0.456 e. The van der Waals surface area contributed by atoms with Gasteiger partial charge in [0.15, 0.2) is 5.76 Å². The maximum Gasteiger partial charge on any atom is 0.249 e. The second-order valence-corrected chi connectivity index (χ2v) is 9.55. The first kappa shape index (κ1) is 19.8. The number of benzene rings is 2. The number of amides is 1. The number of hydrogen-bond acceptors (Lipinski definition) is 6. The molecule has 160 valence electrons. The number of carbonyl (C=O) groups is 1. The molecule has 0 unspecified atom stereocenters. The fourth-order valence-electron chi connectivity index (χ4n) is 4.28. The second kappa shape index (κ2) is 7.21. The number of aryl methyl sites for hydroxylation is 2. The van der Waals surface area contributed by atoms with E-state index in [2.05, 4.69) is 10.5 Å². The fraction of sp³-hybridized carbons (Fsp3) is 0.273. The molecule has 0 saturated carbocycles. The van der Waals surface area contributed by atoms with Gasteiger partial charge in [-0.1, -0.05) is 23.4 Å². The van der Waals surface area contributed by atoms with Gasteiger partial charge in [0, 0.05) is 23.0 Å². The first-order chi connectivity index (χ1) is 14.9. The first-order valence-electron chi connectivity index (χ1n) is 10.0. The lowest BCUT2D eigenvalue weighted by Crippen LogP contribution is -2.43. The van der Waals surface area contributed by atoms with E-state index in [9.17, 15) is 13.2 Å². The number of anilines is 1. The van der Waals surface area contributed by atoms with Crippen LogP contribution in [0.25, 0.3) is 21.9 Å². The Morgan fingerprint density at radius 1 is 1.13 bits per heavy atom. The molecule has 1 N–H and O–H groups in total. The van der Waals surface area contributed by atoms with Crippen LogP contribution < -0.4 is 5.32 Å². The SMILES string of the molecule is Cc1noc(C)c1S(=O)(=O)N1CCC[C@H]1C(=O)Nc1ccc2oc3ccccc3c2c1. The number of hydrogen-bond donors (Lipinski definition) is 1. The normalized spacial score (nSPS) is 17.5. The first-order valence-corrected chi connectivity index (χ1v) is 11.5. The highest BCUT2D eigenvalue weighted by Crippen LogP contribution is 2.32. The Labute approximate surface area is 178 Å². The number of fused-ring (bicyclic) bond motifs is 3. The van der Waals surface area contributed by atoms with E-state index in [0.29, 0.717) is 24.2 Å². The molecule has 5 rings (SSSR count). The molecule has 1 atom stereocenters. The van der Waals surface area contributed by atoms with E-state index in [1.807, 2.05) is 30.3 Å². The third-order valence-corrected chi connectivity index (χ3v) is 7.84. The zero-order chi connectivity index (χ0) is 21.8. The van der Waals surface area contributed by atoms with Crippen molar-refractivity contribution in [2.75, 3.05) is 11.9 Å². The van der Waals surface area contributed by atoms with Crippen LogP contribution in [-0.4, -0.2) is 36.4 Å². The van der Waals surface area contributed by atoms with Crippen molar-refractivity contribution in [2.24, 2.45) is 0 Å². The smallest absolute Gasteiger partial charge is 0.249 e. The molecule has 1 fully saturated rings. The summed E-state index contributed by atoms with van der Waals surface area (Å²) in [7, 11) is -3.90. The molecule has 1 aliphatic rings. The largest absolute Gasteiger partial charge is 0.456 e. The minimum absolute atomic E-state index is 0.0403. The van der Waals surface area contributed by atoms with Gasteiger partial charge in [-0.2, -0.15) is 4.31 Å². The Morgan fingerprint density at radius 2 is 1.90 bits per heavy atom. The lowest BCUT2D eigenvalue weighted by molar-refractivity contribution is -0.119. The van der Waals surface area contributed by atoms with Crippen LogP contribution in [0, 0.1) is 13.8 Å². The van der Waals surface area contributed by atoms with Crippen molar-refractivity contribution in [3.8, 4) is 0 Å². The lowest BCUT2D eigenvalue weighted by atomic mass is 10.1. The maximum atomic E-state index is 13.2. The second-order valence-electron chi connectivity index (χ2n) is 7.73. The fourth-order valence-corrected chi connectivity index (χ4v) is 6.23. The van der Waals surface area contributed by atoms with E-state index in [1.54, 1.807) is 26.0 Å². The number of rotatable bonds is 4. The number of sulfonamides is 1. The number of nitrogens with one attached hydrogen (secondary N) is 1. The van der Waals surface area contributed by atoms with Gasteiger partial charge in [0.2, 0.25) is 15.9 Å². The number of para-hydroxylation sites is 1. The highest BCUT2D eigenvalue weighted by molar-refractivity contribution is 7.89. The molecule has 2 aromatic heterocycles. The Hall–Kier alpha value is -3.17. The molecular formula is C22H21N3O5S. The molecule has 0 radical (unpaired) electrons. The summed E-state index contributed by atoms with van der Waals surface area (Å²) < 4.78 is 38.6. The quantitative estimate of drug-likeness (QED) is 0.516. The molecule has 0 spiro atoms. The maximum absolute atomic E-state index is 13.2. The molecule has 9 heteroatoms. The summed E-state index contributed by atoms with van der Waals surface area (Å²) in [6.45, 7) is 3.41. The van der Waals surface area contributed by atoms with E-state index in [0.717, 1.165) is 21.9 Å². The van der Waals surface area contributed by atoms with Crippen molar-refractivity contribution in [2.45, 2.75) is 37.6 Å². The summed E-state index contributed by atoms with van der Waals surface area (Å²) in [5, 5.41) is 8.48. The van der Waals surface area contributed by atoms with Gasteiger partial charge in [-0.15, -0.1) is 0 Å². The number of furan rings is 1. The van der Waals surface area contributed by atoms with Crippen LogP contribution in [0.2, 0.25) is 0 Å². The Bertz CT molecular complexity index is 1400. The number of carbonyl (C=O) groups excluding carboxylic acids is 1. The van der Waals surface area contributed by atoms with Crippen LogP contribution in [-0.2, 0) is 14.8 Å². The predicted octanol–water partition coefficient (Wildman–Crippen LogP) is 3.98. The Morgan fingerprint density at radius 3 is 2.68 bits per heavy atom. The van der Waals surface area contributed by atoms with E-state index in [-0.39, 0.29) is 23.1 Å². The average Bonchev–Trinajstić information content (AvgIpc) is 3.45. The zero-order valence-electron chi connectivity index (χ0n) is 17.1. The van der Waals surface area contributed by atoms with E-state index in [1.165, 1.54) is 4.31 Å². The summed E-state index contributed by atoms with van der Waals surface area (Å²) in [6.07, 6.45) is 1.05. The molecule has 0 aliphatic carbocycles. The monoisotopic (exact) mass is 439 g/mol. The molecule has 0 bridgehead atoms. The molecule has 3 heterocycles. The van der Waals surface area contributed by atoms with Gasteiger partial charge in [0.05, 0.1) is 0 Å². The molecule has 1 aliphatic heterocycles. The van der Waals surface area contributed by atoms with Crippen LogP contribution in [0.1, 0.15) is 24.3 Å². The van der Waals surface area contributed by atoms with Crippen LogP contribution in [0.4, 0.5) is 5.69 Å². The van der Waals surface area contributed by atoms with Crippen molar-refractivity contribution in [1.29, 1.82) is 0 Å². The van der Waals surface area contributed by atoms with Crippen molar-refractivity contribution >= 4 is 43.6 Å². The van der Waals surface area contributed by atoms with Crippen LogP contribution >= 0.6 is 0 Å². The van der Waals surface area contributed by atoms with Gasteiger partial charge >= 0.3 is 0 Å². The van der Waals surface area contributed by atoms with Gasteiger partial charge in [-0.3, -0.25) is 4.79 Å². The van der Waals surface area contributed by atoms with Crippen molar-refractivity contribution < 1.29 is 22.2 Å². The number of nitrogens with zero attached hydrogens (tertiary/aromatic N) is 2. The Kier molecular flexibility index (Phi) is 4.60. The summed E-state index contributed by atoms with van der Waals surface area (Å²) >= 11 is 0. The van der Waals surface area contributed by atoms with Crippen LogP contribution in [0.3, 0.4) is 0 Å². The standard InChI is InChI=1S/C22H21N3O5S/c1-13-21(14(2)30-24-13)31(27,28)25-11-5-7-18(25)22(26)23-15-9-10-20-17(12-15)16-6-3-4-8-19(16)29-20/h3-4,6,8-10,12,18H,5,7,11H2,1-2H3,(H,23,26)/t18-/m0/s1. The molecule has 2 aromatic carbocycles. The van der Waals surface area contributed by atoms with Crippen molar-refractivity contribution in [3.63, 3.8) is 0 Å². The summed E-state index contributed by atoms with van der Waals surface area (Å²) in [6, 6.07) is 12.3. The van der Waals surface area contributed by atoms with E-state index in [4.69, 9.17) is 8.94 Å². The molecule has 4 aromatic rings. The topological polar surface area (TPSA) is 106 Å². The van der Waals surface area contributed by atoms with Crippen molar-refractivity contribution in [3.05, 3.63) is 53.9 Å². The minimum atomic E-state index is -3.90. The highest BCUT2D eigenvalue weighted by atomic mass is 32.2. The van der Waals surface area contributed by atoms with Gasteiger partial charge in [0.25, 0.3) is 0 Å². The summed E-state index contributed by atoms with van der Waals surface area (Å²) in [5.41, 5.74) is 2.38. The third kappa shape index (κ3) is 3.21. The van der Waals surface area contributed by atoms with Crippen LogP contribution in [0.15, 0.2) is 56.3 Å². The van der Waals surface area contributed by atoms with Gasteiger partial charge in [-0.05, 0) is 51.0 Å². The highest BCUT2D eigenvalue weighted by Gasteiger charge is 2.41. The van der Waals surface area contributed by atoms with Crippen molar-refractivity contribution in [1.82, 2.24) is 9.46 Å². The summed E-state index contributed by atoms with van der Waals surface area (Å²) in [4.78, 5) is 13.1. The number of aromatic nitrogens is 1. The lowest BCUT2D eigenvalue weighted by Gasteiger charge is -2.23. The zero-order valence-corrected chi connectivity index (χ0v) is 17.9. The molecule has 8 nitrogen and oxygen atoms in total. The Balaban J connectivity index is 1.44. The van der Waals surface area contributed by atoms with E-state index < -0.39 is 16.1 Å². The van der Waals surface area contributed by atoms with Crippen LogP contribution in [0.5, 0.6) is 0 Å². The summed E-state index contributed by atoms with van der Waals surface area (Å²) in [5.74, 6) is -0.138. The third-order valence-electron chi connectivity index (χ3n) is 5.69. The molecular weight excluding hydrogens is 418 g/mol. The predicted molar refractivity (Wildman–Crippen MR) is 115 cm³/mol. The van der Waals surface area contributed by atoms with Gasteiger partial charge < -0.3 is 14.3 Å². The van der Waals surface area contributed by atoms with Gasteiger partial charge in [0.1, 0.15) is 27.8 Å².